The molecule has 35 heavy (non-hydrogen) atoms. The van der Waals surface area contributed by atoms with E-state index in [9.17, 15) is 5.11 Å². The summed E-state index contributed by atoms with van der Waals surface area (Å²) >= 11 is 0. The zero-order chi connectivity index (χ0) is 25.3. The summed E-state index contributed by atoms with van der Waals surface area (Å²) in [5.74, 6) is 2.80. The molecule has 1 spiro atoms. The Morgan fingerprint density at radius 2 is 1.71 bits per heavy atom. The quantitative estimate of drug-likeness (QED) is 0.656. The fraction of sp³-hybridized carbons (Fsp3) is 0.519. The molecule has 8 nitrogen and oxygen atoms in total. The SMILES string of the molecule is COc1ccc([C@@]23Oc4cc(OC)cc(OC)c4[C@@]24N=C(C)N[C@@]4(O)C([C@@H](C)N(C)C)[C@H]3C)cc1. The number of nitrogens with zero attached hydrogens (tertiary/aromatic N) is 2. The number of aliphatic hydroxyl groups is 1. The summed E-state index contributed by atoms with van der Waals surface area (Å²) < 4.78 is 23.9. The molecule has 0 radical (unpaired) electrons. The van der Waals surface area contributed by atoms with E-state index in [4.69, 9.17) is 23.9 Å². The number of ether oxygens (including phenoxy) is 4. The molecule has 8 heteroatoms. The first-order valence-electron chi connectivity index (χ1n) is 11.9. The van der Waals surface area contributed by atoms with Gasteiger partial charge in [-0.05, 0) is 45.6 Å². The fourth-order valence-electron chi connectivity index (χ4n) is 6.88. The van der Waals surface area contributed by atoms with Gasteiger partial charge in [0.1, 0.15) is 23.0 Å². The second-order valence-corrected chi connectivity index (χ2v) is 10.1. The standard InChI is InChI=1S/C27H35N3O5/c1-15-23(16(2)30(4)5)27(31)26(28-17(3)29-27)24-21(34-8)13-20(33-7)14-22(24)35-25(15,26)18-9-11-19(32-6)12-10-18/h9-16,23,31H,1-8H3,(H,28,29)/t15-,16-,23?,25-,26-,27-/m1/s1. The van der Waals surface area contributed by atoms with Crippen molar-refractivity contribution in [2.24, 2.45) is 16.8 Å². The van der Waals surface area contributed by atoms with E-state index in [-0.39, 0.29) is 17.9 Å². The Hall–Kier alpha value is -2.97. The van der Waals surface area contributed by atoms with Gasteiger partial charge in [0, 0.05) is 30.0 Å². The molecule has 1 fully saturated rings. The molecular formula is C27H35N3O5. The topological polar surface area (TPSA) is 84.8 Å². The maximum absolute atomic E-state index is 12.8. The van der Waals surface area contributed by atoms with Crippen LogP contribution in [0.1, 0.15) is 31.9 Å². The molecule has 0 saturated heterocycles. The second kappa shape index (κ2) is 7.77. The van der Waals surface area contributed by atoms with Crippen LogP contribution in [0.5, 0.6) is 23.0 Å². The summed E-state index contributed by atoms with van der Waals surface area (Å²) in [5, 5.41) is 16.2. The fourth-order valence-corrected chi connectivity index (χ4v) is 6.88. The van der Waals surface area contributed by atoms with Crippen LogP contribution >= 0.6 is 0 Å². The van der Waals surface area contributed by atoms with Crippen molar-refractivity contribution in [2.45, 2.75) is 43.7 Å². The van der Waals surface area contributed by atoms with Gasteiger partial charge in [-0.25, -0.2) is 0 Å². The van der Waals surface area contributed by atoms with Crippen LogP contribution in [0.25, 0.3) is 0 Å². The molecule has 2 N–H and O–H groups in total. The molecule has 2 aliphatic heterocycles. The van der Waals surface area contributed by atoms with Crippen molar-refractivity contribution >= 4 is 5.84 Å². The highest BCUT2D eigenvalue weighted by Crippen LogP contribution is 2.73. The van der Waals surface area contributed by atoms with Crippen molar-refractivity contribution in [2.75, 3.05) is 35.4 Å². The van der Waals surface area contributed by atoms with E-state index in [1.165, 1.54) is 0 Å². The highest BCUT2D eigenvalue weighted by molar-refractivity contribution is 5.86. The molecule has 1 aliphatic carbocycles. The number of benzene rings is 2. The first-order chi connectivity index (χ1) is 16.6. The van der Waals surface area contributed by atoms with Crippen LogP contribution in [-0.2, 0) is 11.1 Å². The summed E-state index contributed by atoms with van der Waals surface area (Å²) in [6.07, 6.45) is 0. The van der Waals surface area contributed by atoms with E-state index in [1.54, 1.807) is 21.3 Å². The number of methoxy groups -OCH3 is 3. The maximum atomic E-state index is 12.8. The molecule has 2 heterocycles. The van der Waals surface area contributed by atoms with E-state index in [1.807, 2.05) is 57.4 Å². The van der Waals surface area contributed by atoms with Crippen LogP contribution in [0.15, 0.2) is 41.4 Å². The molecule has 5 rings (SSSR count). The summed E-state index contributed by atoms with van der Waals surface area (Å²) in [4.78, 5) is 7.35. The molecule has 0 aromatic heterocycles. The molecule has 1 unspecified atom stereocenters. The van der Waals surface area contributed by atoms with Crippen molar-refractivity contribution < 1.29 is 24.1 Å². The third-order valence-corrected chi connectivity index (χ3v) is 8.44. The first kappa shape index (κ1) is 23.8. The van der Waals surface area contributed by atoms with Gasteiger partial charge in [0.15, 0.2) is 16.9 Å². The summed E-state index contributed by atoms with van der Waals surface area (Å²) in [6.45, 7) is 6.17. The number of amidine groups is 1. The Kier molecular flexibility index (Phi) is 5.27. The Labute approximate surface area is 206 Å². The van der Waals surface area contributed by atoms with Gasteiger partial charge in [-0.3, -0.25) is 4.99 Å². The normalized spacial score (nSPS) is 33.3. The number of hydrogen-bond donors (Lipinski definition) is 2. The van der Waals surface area contributed by atoms with Crippen molar-refractivity contribution in [3.8, 4) is 23.0 Å². The third-order valence-electron chi connectivity index (χ3n) is 8.44. The minimum Gasteiger partial charge on any atom is -0.497 e. The maximum Gasteiger partial charge on any atom is 0.186 e. The summed E-state index contributed by atoms with van der Waals surface area (Å²) in [7, 11) is 8.94. The number of hydrogen-bond acceptors (Lipinski definition) is 8. The Morgan fingerprint density at radius 1 is 1.06 bits per heavy atom. The van der Waals surface area contributed by atoms with E-state index < -0.39 is 16.9 Å². The Balaban J connectivity index is 1.89. The van der Waals surface area contributed by atoms with Crippen LogP contribution in [0.2, 0.25) is 0 Å². The van der Waals surface area contributed by atoms with Crippen LogP contribution in [0, 0.1) is 11.8 Å². The van der Waals surface area contributed by atoms with Crippen molar-refractivity contribution in [3.63, 3.8) is 0 Å². The molecule has 6 atom stereocenters. The average molecular weight is 482 g/mol. The molecule has 0 amide bonds. The number of nitrogens with one attached hydrogen (secondary N) is 1. The second-order valence-electron chi connectivity index (χ2n) is 10.1. The van der Waals surface area contributed by atoms with Crippen LogP contribution in [0.3, 0.4) is 0 Å². The molecule has 1 saturated carbocycles. The highest BCUT2D eigenvalue weighted by Gasteiger charge is 2.84. The lowest BCUT2D eigenvalue weighted by Gasteiger charge is -2.42. The van der Waals surface area contributed by atoms with E-state index in [2.05, 4.69) is 24.1 Å². The van der Waals surface area contributed by atoms with Gasteiger partial charge in [0.05, 0.1) is 32.7 Å². The monoisotopic (exact) mass is 481 g/mol. The largest absolute Gasteiger partial charge is 0.497 e. The van der Waals surface area contributed by atoms with Crippen LogP contribution in [-0.4, -0.2) is 63.0 Å². The van der Waals surface area contributed by atoms with Crippen molar-refractivity contribution in [3.05, 3.63) is 47.5 Å². The van der Waals surface area contributed by atoms with Gasteiger partial charge in [-0.15, -0.1) is 0 Å². The zero-order valence-corrected chi connectivity index (χ0v) is 21.7. The summed E-state index contributed by atoms with van der Waals surface area (Å²) in [5.41, 5.74) is -2.01. The van der Waals surface area contributed by atoms with E-state index in [0.29, 0.717) is 23.1 Å². The molecule has 0 bridgehead atoms. The van der Waals surface area contributed by atoms with E-state index >= 15 is 0 Å². The molecule has 2 aromatic carbocycles. The Morgan fingerprint density at radius 3 is 2.29 bits per heavy atom. The van der Waals surface area contributed by atoms with Crippen LogP contribution in [0.4, 0.5) is 0 Å². The van der Waals surface area contributed by atoms with Gasteiger partial charge in [0.2, 0.25) is 0 Å². The molecular weight excluding hydrogens is 446 g/mol. The lowest BCUT2D eigenvalue weighted by Crippen LogP contribution is -2.62. The first-order valence-corrected chi connectivity index (χ1v) is 11.9. The number of rotatable bonds is 6. The zero-order valence-electron chi connectivity index (χ0n) is 21.7. The van der Waals surface area contributed by atoms with Crippen LogP contribution < -0.4 is 24.3 Å². The lowest BCUT2D eigenvalue weighted by atomic mass is 9.70. The van der Waals surface area contributed by atoms with Gasteiger partial charge < -0.3 is 34.3 Å². The Bertz CT molecular complexity index is 1180. The lowest BCUT2D eigenvalue weighted by molar-refractivity contribution is -0.0934. The summed E-state index contributed by atoms with van der Waals surface area (Å²) in [6, 6.07) is 11.6. The van der Waals surface area contributed by atoms with Gasteiger partial charge in [-0.2, -0.15) is 0 Å². The number of aliphatic imine (C=N–C) groups is 1. The predicted molar refractivity (Wildman–Crippen MR) is 134 cm³/mol. The third kappa shape index (κ3) is 2.72. The molecule has 2 aromatic rings. The minimum absolute atomic E-state index is 0.0116. The average Bonchev–Trinajstić information content (AvgIpc) is 3.34. The van der Waals surface area contributed by atoms with Crippen molar-refractivity contribution in [1.82, 2.24) is 10.2 Å². The van der Waals surface area contributed by atoms with Gasteiger partial charge >= 0.3 is 0 Å². The number of fused-ring (bicyclic) bond motifs is 1. The van der Waals surface area contributed by atoms with E-state index in [0.717, 1.165) is 16.9 Å². The molecule has 188 valence electrons. The smallest absolute Gasteiger partial charge is 0.186 e. The predicted octanol–water partition coefficient (Wildman–Crippen LogP) is 3.12. The van der Waals surface area contributed by atoms with Gasteiger partial charge in [-0.1, -0.05) is 19.1 Å². The van der Waals surface area contributed by atoms with Crippen molar-refractivity contribution in [1.29, 1.82) is 0 Å². The van der Waals surface area contributed by atoms with Gasteiger partial charge in [0.25, 0.3) is 0 Å². The highest BCUT2D eigenvalue weighted by atomic mass is 16.5. The molecule has 3 aliphatic rings. The minimum atomic E-state index is -1.44.